The number of amidine groups is 1. The Morgan fingerprint density at radius 2 is 2.11 bits per heavy atom. The van der Waals surface area contributed by atoms with Crippen LogP contribution in [0.3, 0.4) is 0 Å². The third-order valence-electron chi connectivity index (χ3n) is 5.66. The number of nitrogens with zero attached hydrogens (tertiary/aromatic N) is 3. The van der Waals surface area contributed by atoms with Crippen LogP contribution >= 0.6 is 18.9 Å². The molecule has 3 aromatic rings. The predicted octanol–water partition coefficient (Wildman–Crippen LogP) is 3.18. The van der Waals surface area contributed by atoms with Crippen LogP contribution in [0.25, 0.3) is 11.3 Å². The molecule has 4 N–H and O–H groups in total. The van der Waals surface area contributed by atoms with Crippen LogP contribution in [-0.2, 0) is 25.2 Å². The van der Waals surface area contributed by atoms with Crippen LogP contribution in [0.4, 0.5) is 5.69 Å². The van der Waals surface area contributed by atoms with E-state index in [1.807, 2.05) is 12.3 Å². The van der Waals surface area contributed by atoms with Gasteiger partial charge in [-0.05, 0) is 43.0 Å². The maximum Gasteiger partial charge on any atom is 0.348 e. The van der Waals surface area contributed by atoms with Gasteiger partial charge in [0.05, 0.1) is 17.1 Å². The zero-order valence-electron chi connectivity index (χ0n) is 20.3. The van der Waals surface area contributed by atoms with Crippen LogP contribution in [0.5, 0.6) is 11.5 Å². The fourth-order valence-electron chi connectivity index (χ4n) is 3.60. The second-order valence-corrected chi connectivity index (χ2v) is 10.8. The molecular formula is C23H26N5O7PS. The van der Waals surface area contributed by atoms with E-state index in [0.717, 1.165) is 6.26 Å². The number of nitrogens with one attached hydrogen (secondary N) is 1. The van der Waals surface area contributed by atoms with Crippen molar-refractivity contribution < 1.29 is 28.5 Å². The highest BCUT2D eigenvalue weighted by molar-refractivity contribution is 7.66. The molecule has 0 aliphatic carbocycles. The highest BCUT2D eigenvalue weighted by Crippen LogP contribution is 2.52. The van der Waals surface area contributed by atoms with Crippen LogP contribution in [-0.4, -0.2) is 41.0 Å². The van der Waals surface area contributed by atoms with E-state index in [1.165, 1.54) is 35.5 Å². The molecule has 37 heavy (non-hydrogen) atoms. The summed E-state index contributed by atoms with van der Waals surface area (Å²) in [6.45, 7) is 2.10. The van der Waals surface area contributed by atoms with E-state index in [1.54, 1.807) is 30.7 Å². The van der Waals surface area contributed by atoms with E-state index in [-0.39, 0.29) is 40.8 Å². The van der Waals surface area contributed by atoms with Gasteiger partial charge in [0, 0.05) is 31.7 Å². The molecular weight excluding hydrogens is 521 g/mol. The molecule has 0 amide bonds. The maximum absolute atomic E-state index is 13.8. The highest BCUT2D eigenvalue weighted by Gasteiger charge is 2.36. The van der Waals surface area contributed by atoms with Gasteiger partial charge in [-0.15, -0.1) is 0 Å². The van der Waals surface area contributed by atoms with Crippen molar-refractivity contribution in [3.05, 3.63) is 63.5 Å². The van der Waals surface area contributed by atoms with Gasteiger partial charge in [-0.25, -0.2) is 4.68 Å². The molecule has 0 bridgehead atoms. The van der Waals surface area contributed by atoms with Crippen LogP contribution < -0.4 is 26.8 Å². The number of ether oxygens (including phenoxy) is 2. The minimum atomic E-state index is -3.87. The molecule has 2 unspecified atom stereocenters. The number of aryl methyl sites for hydroxylation is 1. The zero-order chi connectivity index (χ0) is 26.6. The number of methoxy groups -OCH3 is 1. The monoisotopic (exact) mass is 547 g/mol. The fourth-order valence-corrected chi connectivity index (χ4v) is 5.76. The van der Waals surface area contributed by atoms with E-state index in [4.69, 9.17) is 19.9 Å². The molecule has 1 aliphatic rings. The minimum Gasteiger partial charge on any atom is -0.505 e. The Labute approximate surface area is 216 Å². The number of fused-ring (bicyclic) bond motifs is 1. The molecule has 196 valence electrons. The number of benzene rings is 1. The first-order valence-corrected chi connectivity index (χ1v) is 13.6. The van der Waals surface area contributed by atoms with Crippen molar-refractivity contribution in [3.8, 4) is 22.8 Å². The number of hydrogen-bond donors (Lipinski definition) is 3. The van der Waals surface area contributed by atoms with Gasteiger partial charge in [0.2, 0.25) is 0 Å². The summed E-state index contributed by atoms with van der Waals surface area (Å²) in [6.07, 6.45) is 2.71. The average molecular weight is 548 g/mol. The minimum absolute atomic E-state index is 0.0994. The maximum atomic E-state index is 13.8. The standard InChI is InChI=1S/C23H26N5O7PS/c1-14(32-2)6-8-28-23(30)19(21(29)20(26-28)15-7-11-37-13-15)22-25-17-5-4-16(34-9-10-35-24)12-18(17)36(31,27-22)33-3/h4-5,7,9-14,29H,6,8,24H2,1-3H3,(H,25,27,31)/b10-9+. The highest BCUT2D eigenvalue weighted by atomic mass is 32.1. The summed E-state index contributed by atoms with van der Waals surface area (Å²) in [5.74, 6) is 4.78. The lowest BCUT2D eigenvalue weighted by molar-refractivity contribution is 0.105. The Morgan fingerprint density at radius 3 is 2.78 bits per heavy atom. The van der Waals surface area contributed by atoms with Crippen LogP contribution in [0.15, 0.2) is 57.1 Å². The van der Waals surface area contributed by atoms with Gasteiger partial charge >= 0.3 is 7.52 Å². The number of aromatic nitrogens is 2. The zero-order valence-corrected chi connectivity index (χ0v) is 22.0. The largest absolute Gasteiger partial charge is 0.505 e. The molecule has 0 fully saturated rings. The molecule has 0 saturated carbocycles. The van der Waals surface area contributed by atoms with E-state index in [0.29, 0.717) is 23.4 Å². The molecule has 1 aromatic carbocycles. The Kier molecular flexibility index (Phi) is 8.10. The van der Waals surface area contributed by atoms with E-state index in [2.05, 4.69) is 20.0 Å². The number of thiophene rings is 1. The Hall–Kier alpha value is -3.48. The Balaban J connectivity index is 1.84. The van der Waals surface area contributed by atoms with Crippen molar-refractivity contribution in [1.29, 1.82) is 0 Å². The summed E-state index contributed by atoms with van der Waals surface area (Å²) in [5, 5.41) is 22.5. The van der Waals surface area contributed by atoms with Gasteiger partial charge in [-0.3, -0.25) is 9.36 Å². The topological polar surface area (TPSA) is 160 Å². The first-order valence-electron chi connectivity index (χ1n) is 11.1. The van der Waals surface area contributed by atoms with Crippen LogP contribution in [0.1, 0.15) is 18.9 Å². The van der Waals surface area contributed by atoms with Crippen molar-refractivity contribution in [1.82, 2.24) is 9.78 Å². The smallest absolute Gasteiger partial charge is 0.348 e. The first-order chi connectivity index (χ1) is 17.8. The van der Waals surface area contributed by atoms with Crippen LogP contribution in [0.2, 0.25) is 0 Å². The Morgan fingerprint density at radius 1 is 1.30 bits per heavy atom. The van der Waals surface area contributed by atoms with Gasteiger partial charge in [-0.2, -0.15) is 27.1 Å². The Bertz CT molecular complexity index is 1440. The quantitative estimate of drug-likeness (QED) is 0.195. The van der Waals surface area contributed by atoms with Gasteiger partial charge in [0.25, 0.3) is 5.56 Å². The summed E-state index contributed by atoms with van der Waals surface area (Å²) < 4.78 is 35.3. The summed E-state index contributed by atoms with van der Waals surface area (Å²) in [4.78, 5) is 17.8. The third-order valence-corrected chi connectivity index (χ3v) is 8.28. The number of aromatic hydroxyl groups is 1. The van der Waals surface area contributed by atoms with Gasteiger partial charge < -0.3 is 29.3 Å². The lowest BCUT2D eigenvalue weighted by Crippen LogP contribution is -2.35. The van der Waals surface area contributed by atoms with Gasteiger partial charge in [0.15, 0.2) is 11.6 Å². The molecule has 3 heterocycles. The number of hydrogen-bond acceptors (Lipinski definition) is 11. The molecule has 2 aromatic heterocycles. The van der Waals surface area contributed by atoms with E-state index < -0.39 is 13.1 Å². The molecule has 14 heteroatoms. The molecule has 1 aliphatic heterocycles. The molecule has 0 spiro atoms. The van der Waals surface area contributed by atoms with Crippen molar-refractivity contribution in [3.63, 3.8) is 0 Å². The van der Waals surface area contributed by atoms with Crippen molar-refractivity contribution in [2.75, 3.05) is 19.5 Å². The predicted molar refractivity (Wildman–Crippen MR) is 140 cm³/mol. The number of rotatable bonds is 10. The summed E-state index contributed by atoms with van der Waals surface area (Å²) in [5.41, 5.74) is 0.409. The lowest BCUT2D eigenvalue weighted by atomic mass is 10.1. The van der Waals surface area contributed by atoms with E-state index >= 15 is 0 Å². The first kappa shape index (κ1) is 26.6. The third kappa shape index (κ3) is 5.45. The van der Waals surface area contributed by atoms with Crippen LogP contribution in [0, 0.1) is 0 Å². The molecule has 0 saturated heterocycles. The summed E-state index contributed by atoms with van der Waals surface area (Å²) in [6, 6.07) is 6.46. The second-order valence-electron chi connectivity index (χ2n) is 7.93. The van der Waals surface area contributed by atoms with Crippen molar-refractivity contribution >= 4 is 35.7 Å². The normalized spacial score (nSPS) is 17.7. The molecule has 4 rings (SSSR count). The second kappa shape index (κ2) is 11.3. The van der Waals surface area contributed by atoms with Crippen molar-refractivity contribution in [2.45, 2.75) is 26.0 Å². The van der Waals surface area contributed by atoms with Gasteiger partial charge in [0.1, 0.15) is 29.5 Å². The fraction of sp³-hybridized carbons (Fsp3) is 0.261. The van der Waals surface area contributed by atoms with Gasteiger partial charge in [-0.1, -0.05) is 0 Å². The summed E-state index contributed by atoms with van der Waals surface area (Å²) >= 11 is 1.42. The lowest BCUT2D eigenvalue weighted by Gasteiger charge is -2.25. The van der Waals surface area contributed by atoms with E-state index in [9.17, 15) is 14.5 Å². The number of nitrogens with two attached hydrogens (primary N) is 1. The van der Waals surface area contributed by atoms with Crippen molar-refractivity contribution in [2.24, 2.45) is 10.7 Å². The molecule has 2 atom stereocenters. The molecule has 0 radical (unpaired) electrons. The SMILES string of the molecule is COC(C)CCn1nc(-c2ccsc2)c(O)c(C2=NP(=O)(OC)c3cc(O/C=C/ON)ccc3N2)c1=O. The molecule has 12 nitrogen and oxygen atoms in total. The summed E-state index contributed by atoms with van der Waals surface area (Å²) in [7, 11) is -1.04. The number of anilines is 1. The average Bonchev–Trinajstić information content (AvgIpc) is 3.43.